The first-order chi connectivity index (χ1) is 11.1. The predicted octanol–water partition coefficient (Wildman–Crippen LogP) is 4.64. The number of nitrogens with one attached hydrogen (secondary N) is 1. The number of furan rings is 1. The van der Waals surface area contributed by atoms with Crippen molar-refractivity contribution in [3.63, 3.8) is 0 Å². The highest BCUT2D eigenvalue weighted by molar-refractivity contribution is 9.10. The van der Waals surface area contributed by atoms with Crippen LogP contribution in [-0.4, -0.2) is 10.9 Å². The number of hydrogen-bond donors (Lipinski definition) is 2. The van der Waals surface area contributed by atoms with Gasteiger partial charge in [-0.1, -0.05) is 29.5 Å². The number of nitrogens with zero attached hydrogens (tertiary/aromatic N) is 1. The van der Waals surface area contributed by atoms with Gasteiger partial charge in [-0.3, -0.25) is 4.79 Å². The van der Waals surface area contributed by atoms with E-state index in [0.717, 1.165) is 20.1 Å². The van der Waals surface area contributed by atoms with Crippen LogP contribution >= 0.6 is 27.3 Å². The van der Waals surface area contributed by atoms with Crippen molar-refractivity contribution in [3.8, 4) is 0 Å². The van der Waals surface area contributed by atoms with Crippen LogP contribution in [0.5, 0.6) is 0 Å². The van der Waals surface area contributed by atoms with E-state index in [4.69, 9.17) is 10.2 Å². The molecule has 2 aromatic carbocycles. The minimum absolute atomic E-state index is 0.270. The molecule has 23 heavy (non-hydrogen) atoms. The number of fused-ring (bicyclic) bond motifs is 2. The monoisotopic (exact) mass is 387 g/mol. The molecule has 114 valence electrons. The van der Waals surface area contributed by atoms with Gasteiger partial charge in [0, 0.05) is 15.5 Å². The third-order valence-corrected chi connectivity index (χ3v) is 4.81. The SMILES string of the molecule is Nc1nc2c(Br)cc(NC(=O)c3cc4ccccc4o3)cc2s1. The van der Waals surface area contributed by atoms with Gasteiger partial charge in [0.05, 0.1) is 10.2 Å². The number of rotatable bonds is 2. The molecular formula is C16H10BrN3O2S. The Morgan fingerprint density at radius 3 is 2.91 bits per heavy atom. The maximum atomic E-state index is 12.4. The zero-order valence-electron chi connectivity index (χ0n) is 11.7. The van der Waals surface area contributed by atoms with Gasteiger partial charge in [-0.05, 0) is 40.2 Å². The molecule has 5 nitrogen and oxygen atoms in total. The van der Waals surface area contributed by atoms with Gasteiger partial charge >= 0.3 is 0 Å². The van der Waals surface area contributed by atoms with Crippen molar-refractivity contribution in [2.75, 3.05) is 11.1 Å². The third-order valence-electron chi connectivity index (χ3n) is 3.37. The lowest BCUT2D eigenvalue weighted by atomic mass is 10.2. The number of hydrogen-bond acceptors (Lipinski definition) is 5. The Balaban J connectivity index is 1.67. The molecule has 0 saturated heterocycles. The van der Waals surface area contributed by atoms with Crippen molar-refractivity contribution in [3.05, 3.63) is 52.7 Å². The van der Waals surface area contributed by atoms with Crippen molar-refractivity contribution in [2.24, 2.45) is 0 Å². The molecule has 0 aliphatic heterocycles. The van der Waals surface area contributed by atoms with E-state index < -0.39 is 0 Å². The lowest BCUT2D eigenvalue weighted by molar-refractivity contribution is 0.0998. The van der Waals surface area contributed by atoms with Gasteiger partial charge < -0.3 is 15.5 Å². The highest BCUT2D eigenvalue weighted by Gasteiger charge is 2.14. The lowest BCUT2D eigenvalue weighted by Crippen LogP contribution is -2.10. The predicted molar refractivity (Wildman–Crippen MR) is 95.9 cm³/mol. The van der Waals surface area contributed by atoms with E-state index in [2.05, 4.69) is 26.2 Å². The molecule has 0 unspecified atom stereocenters. The number of thiazole rings is 1. The molecule has 1 amide bonds. The average Bonchev–Trinajstić information content (AvgIpc) is 3.10. The van der Waals surface area contributed by atoms with Gasteiger partial charge in [0.2, 0.25) is 0 Å². The van der Waals surface area contributed by atoms with Crippen LogP contribution in [0.2, 0.25) is 0 Å². The number of nitrogen functional groups attached to an aromatic ring is 1. The zero-order valence-corrected chi connectivity index (χ0v) is 14.1. The largest absolute Gasteiger partial charge is 0.451 e. The molecule has 3 N–H and O–H groups in total. The summed E-state index contributed by atoms with van der Waals surface area (Å²) in [5.41, 5.74) is 7.85. The summed E-state index contributed by atoms with van der Waals surface area (Å²) in [4.78, 5) is 16.6. The van der Waals surface area contributed by atoms with Gasteiger partial charge in [-0.15, -0.1) is 0 Å². The number of nitrogens with two attached hydrogens (primary N) is 1. The second kappa shape index (κ2) is 5.36. The fraction of sp³-hybridized carbons (Fsp3) is 0. The molecule has 2 aromatic heterocycles. The Labute approximate surface area is 143 Å². The van der Waals surface area contributed by atoms with Gasteiger partial charge in [-0.2, -0.15) is 0 Å². The highest BCUT2D eigenvalue weighted by atomic mass is 79.9. The molecule has 0 saturated carbocycles. The van der Waals surface area contributed by atoms with E-state index in [1.807, 2.05) is 30.3 Å². The molecule has 7 heteroatoms. The van der Waals surface area contributed by atoms with E-state index in [0.29, 0.717) is 16.4 Å². The molecule has 4 rings (SSSR count). The molecule has 0 radical (unpaired) electrons. The Hall–Kier alpha value is -2.38. The van der Waals surface area contributed by atoms with Crippen LogP contribution in [0.25, 0.3) is 21.2 Å². The number of carbonyl (C=O) groups is 1. The number of para-hydroxylation sites is 1. The highest BCUT2D eigenvalue weighted by Crippen LogP contribution is 2.33. The standard InChI is InChI=1S/C16H10BrN3O2S/c17-10-6-9(7-13-14(10)20-16(18)23-13)19-15(21)12-5-8-3-1-2-4-11(8)22-12/h1-7H,(H2,18,20)(H,19,21). The summed E-state index contributed by atoms with van der Waals surface area (Å²) in [6.45, 7) is 0. The first kappa shape index (κ1) is 14.2. The third kappa shape index (κ3) is 2.58. The molecule has 0 aliphatic rings. The molecule has 0 fully saturated rings. The van der Waals surface area contributed by atoms with Crippen molar-refractivity contribution < 1.29 is 9.21 Å². The molecule has 0 atom stereocenters. The van der Waals surface area contributed by atoms with Crippen molar-refractivity contribution in [2.45, 2.75) is 0 Å². The van der Waals surface area contributed by atoms with E-state index >= 15 is 0 Å². The summed E-state index contributed by atoms with van der Waals surface area (Å²) < 4.78 is 7.25. The Morgan fingerprint density at radius 2 is 2.09 bits per heavy atom. The molecule has 0 spiro atoms. The quantitative estimate of drug-likeness (QED) is 0.524. The summed E-state index contributed by atoms with van der Waals surface area (Å²) in [5.74, 6) is -0.0313. The minimum Gasteiger partial charge on any atom is -0.451 e. The smallest absolute Gasteiger partial charge is 0.291 e. The van der Waals surface area contributed by atoms with Crippen molar-refractivity contribution >= 4 is 65.2 Å². The Bertz CT molecular complexity index is 1020. The van der Waals surface area contributed by atoms with Crippen LogP contribution in [0.1, 0.15) is 10.6 Å². The van der Waals surface area contributed by atoms with Crippen LogP contribution in [0.4, 0.5) is 10.8 Å². The summed E-state index contributed by atoms with van der Waals surface area (Å²) in [6.07, 6.45) is 0. The van der Waals surface area contributed by atoms with E-state index in [1.54, 1.807) is 12.1 Å². The average molecular weight is 388 g/mol. The number of anilines is 2. The van der Waals surface area contributed by atoms with Crippen LogP contribution in [0.3, 0.4) is 0 Å². The summed E-state index contributed by atoms with van der Waals surface area (Å²) >= 11 is 4.82. The number of amides is 1. The molecule has 4 aromatic rings. The molecular weight excluding hydrogens is 378 g/mol. The zero-order chi connectivity index (χ0) is 16.0. The second-order valence-corrected chi connectivity index (χ2v) is 6.88. The maximum absolute atomic E-state index is 12.4. The number of halogens is 1. The second-order valence-electron chi connectivity index (χ2n) is 4.96. The van der Waals surface area contributed by atoms with E-state index in [-0.39, 0.29) is 11.7 Å². The van der Waals surface area contributed by atoms with Crippen LogP contribution in [-0.2, 0) is 0 Å². The minimum atomic E-state index is -0.301. The topological polar surface area (TPSA) is 81.1 Å². The number of carbonyl (C=O) groups excluding carboxylic acids is 1. The number of benzene rings is 2. The Morgan fingerprint density at radius 1 is 1.26 bits per heavy atom. The van der Waals surface area contributed by atoms with Crippen LogP contribution in [0.15, 0.2) is 51.4 Å². The maximum Gasteiger partial charge on any atom is 0.291 e. The van der Waals surface area contributed by atoms with Gasteiger partial charge in [0.25, 0.3) is 5.91 Å². The summed E-state index contributed by atoms with van der Waals surface area (Å²) in [6, 6.07) is 12.9. The molecule has 0 bridgehead atoms. The van der Waals surface area contributed by atoms with Gasteiger partial charge in [0.15, 0.2) is 10.9 Å². The first-order valence-electron chi connectivity index (χ1n) is 6.75. The lowest BCUT2D eigenvalue weighted by Gasteiger charge is -2.04. The van der Waals surface area contributed by atoms with Crippen molar-refractivity contribution in [1.29, 1.82) is 0 Å². The van der Waals surface area contributed by atoms with Crippen LogP contribution < -0.4 is 11.1 Å². The van der Waals surface area contributed by atoms with Gasteiger partial charge in [-0.25, -0.2) is 4.98 Å². The fourth-order valence-electron chi connectivity index (χ4n) is 2.36. The molecule has 2 heterocycles. The fourth-order valence-corrected chi connectivity index (χ4v) is 3.84. The van der Waals surface area contributed by atoms with E-state index in [9.17, 15) is 4.79 Å². The van der Waals surface area contributed by atoms with Crippen molar-refractivity contribution in [1.82, 2.24) is 4.98 Å². The summed E-state index contributed by atoms with van der Waals surface area (Å²) in [5, 5.41) is 4.22. The normalized spacial score (nSPS) is 11.2. The van der Waals surface area contributed by atoms with Crippen LogP contribution in [0, 0.1) is 0 Å². The Kier molecular flexibility index (Phi) is 3.32. The van der Waals surface area contributed by atoms with E-state index in [1.165, 1.54) is 11.3 Å². The first-order valence-corrected chi connectivity index (χ1v) is 8.36. The number of aromatic nitrogens is 1. The molecule has 0 aliphatic carbocycles. The van der Waals surface area contributed by atoms with Gasteiger partial charge in [0.1, 0.15) is 5.58 Å². The summed E-state index contributed by atoms with van der Waals surface area (Å²) in [7, 11) is 0.